The number of hydrogen-bond donors (Lipinski definition) is 1. The van der Waals surface area contributed by atoms with Crippen molar-refractivity contribution in [2.45, 2.75) is 24.9 Å². The largest absolute Gasteiger partial charge is 0.459 e. The molecule has 4 rings (SSSR count). The Kier molecular flexibility index (Phi) is 7.04. The van der Waals surface area contributed by atoms with Crippen LogP contribution in [0.4, 0.5) is 0 Å². The standard InChI is InChI=1S/C23H19IN2O7/c24-16-12-26(23(30)25-20(16)27)19-11-17(33-22(29)15-9-5-2-6-10-15)18(32-19)13-31-21(28)14-7-3-1-4-8-14/h1-10,12,17-19H,11,13H2,(H,25,27,30)/t17-,18-,19-/m0/s1. The fraction of sp³-hybridized carbons (Fsp3) is 0.217. The number of aromatic amines is 1. The lowest BCUT2D eigenvalue weighted by Crippen LogP contribution is -2.34. The second kappa shape index (κ2) is 10.1. The van der Waals surface area contributed by atoms with E-state index in [1.165, 1.54) is 10.8 Å². The van der Waals surface area contributed by atoms with Crippen LogP contribution in [0.3, 0.4) is 0 Å². The molecule has 1 aliphatic heterocycles. The Morgan fingerprint density at radius 2 is 1.61 bits per heavy atom. The Morgan fingerprint density at radius 1 is 1.00 bits per heavy atom. The zero-order valence-corrected chi connectivity index (χ0v) is 19.3. The Bertz CT molecular complexity index is 1260. The van der Waals surface area contributed by atoms with E-state index in [-0.39, 0.29) is 13.0 Å². The zero-order valence-electron chi connectivity index (χ0n) is 17.2. The third kappa shape index (κ3) is 5.40. The van der Waals surface area contributed by atoms with Gasteiger partial charge in [0.2, 0.25) is 0 Å². The van der Waals surface area contributed by atoms with E-state index < -0.39 is 41.6 Å². The van der Waals surface area contributed by atoms with Crippen LogP contribution in [0.25, 0.3) is 0 Å². The number of rotatable bonds is 6. The Balaban J connectivity index is 1.53. The molecule has 1 aromatic heterocycles. The molecular weight excluding hydrogens is 543 g/mol. The van der Waals surface area contributed by atoms with E-state index in [0.29, 0.717) is 14.7 Å². The van der Waals surface area contributed by atoms with Crippen LogP contribution in [-0.4, -0.2) is 40.3 Å². The van der Waals surface area contributed by atoms with Crippen LogP contribution < -0.4 is 11.2 Å². The zero-order chi connectivity index (χ0) is 23.4. The van der Waals surface area contributed by atoms with Crippen molar-refractivity contribution in [3.05, 3.63) is 102 Å². The van der Waals surface area contributed by atoms with Crippen molar-refractivity contribution in [3.8, 4) is 0 Å². The number of aromatic nitrogens is 2. The number of esters is 2. The molecule has 2 heterocycles. The minimum atomic E-state index is -0.822. The first-order chi connectivity index (χ1) is 15.9. The van der Waals surface area contributed by atoms with Crippen LogP contribution in [0.5, 0.6) is 0 Å². The lowest BCUT2D eigenvalue weighted by atomic mass is 10.1. The predicted molar refractivity (Wildman–Crippen MR) is 125 cm³/mol. The summed E-state index contributed by atoms with van der Waals surface area (Å²) < 4.78 is 18.5. The number of benzene rings is 2. The molecule has 1 N–H and O–H groups in total. The van der Waals surface area contributed by atoms with E-state index >= 15 is 0 Å². The van der Waals surface area contributed by atoms with E-state index in [2.05, 4.69) is 4.98 Å². The number of H-pyrrole nitrogens is 1. The van der Waals surface area contributed by atoms with E-state index in [1.54, 1.807) is 60.7 Å². The molecule has 170 valence electrons. The highest BCUT2D eigenvalue weighted by atomic mass is 127. The molecule has 0 bridgehead atoms. The van der Waals surface area contributed by atoms with Gasteiger partial charge in [-0.2, -0.15) is 0 Å². The van der Waals surface area contributed by atoms with E-state index in [0.717, 1.165) is 0 Å². The predicted octanol–water partition coefficient (Wildman–Crippen LogP) is 2.51. The highest BCUT2D eigenvalue weighted by Gasteiger charge is 2.40. The van der Waals surface area contributed by atoms with E-state index in [4.69, 9.17) is 14.2 Å². The fourth-order valence-corrected chi connectivity index (χ4v) is 3.85. The third-order valence-electron chi connectivity index (χ3n) is 5.07. The highest BCUT2D eigenvalue weighted by Crippen LogP contribution is 2.31. The molecule has 3 aromatic rings. The van der Waals surface area contributed by atoms with Crippen molar-refractivity contribution >= 4 is 34.5 Å². The van der Waals surface area contributed by atoms with Gasteiger partial charge in [-0.25, -0.2) is 14.4 Å². The summed E-state index contributed by atoms with van der Waals surface area (Å²) in [6.45, 7) is -0.188. The smallest absolute Gasteiger partial charge is 0.338 e. The van der Waals surface area contributed by atoms with E-state index in [1.807, 2.05) is 22.6 Å². The van der Waals surface area contributed by atoms with Crippen molar-refractivity contribution in [3.63, 3.8) is 0 Å². The maximum atomic E-state index is 12.6. The van der Waals surface area contributed by atoms with E-state index in [9.17, 15) is 19.2 Å². The number of ether oxygens (including phenoxy) is 3. The van der Waals surface area contributed by atoms with Gasteiger partial charge in [-0.15, -0.1) is 0 Å². The molecule has 0 amide bonds. The summed E-state index contributed by atoms with van der Waals surface area (Å²) >= 11 is 1.81. The highest BCUT2D eigenvalue weighted by molar-refractivity contribution is 14.1. The van der Waals surface area contributed by atoms with Crippen LogP contribution >= 0.6 is 22.6 Å². The molecule has 0 saturated carbocycles. The van der Waals surface area contributed by atoms with Crippen LogP contribution in [0.15, 0.2) is 76.4 Å². The Hall–Kier alpha value is -3.25. The van der Waals surface area contributed by atoms with Gasteiger partial charge in [-0.1, -0.05) is 36.4 Å². The van der Waals surface area contributed by atoms with Crippen molar-refractivity contribution in [2.24, 2.45) is 0 Å². The maximum Gasteiger partial charge on any atom is 0.338 e. The van der Waals surface area contributed by atoms with Gasteiger partial charge in [0.15, 0.2) is 0 Å². The second-order valence-electron chi connectivity index (χ2n) is 7.28. The van der Waals surface area contributed by atoms with Crippen molar-refractivity contribution in [1.29, 1.82) is 0 Å². The van der Waals surface area contributed by atoms with Crippen LogP contribution in [-0.2, 0) is 14.2 Å². The molecule has 3 atom stereocenters. The normalized spacial score (nSPS) is 19.7. The lowest BCUT2D eigenvalue weighted by Gasteiger charge is -2.19. The minimum Gasteiger partial charge on any atom is -0.459 e. The molecule has 9 nitrogen and oxygen atoms in total. The molecule has 0 spiro atoms. The van der Waals surface area contributed by atoms with Crippen molar-refractivity contribution < 1.29 is 23.8 Å². The van der Waals surface area contributed by atoms with Gasteiger partial charge in [0.1, 0.15) is 25.0 Å². The summed E-state index contributed by atoms with van der Waals surface area (Å²) in [7, 11) is 0. The SMILES string of the molecule is O=C(OC[C@@H]1O[C@H](n2cc(I)c(=O)[nH]c2=O)C[C@@H]1OC(=O)c1ccccc1)c1ccccc1. The van der Waals surface area contributed by atoms with Gasteiger partial charge in [0.05, 0.1) is 14.7 Å². The first-order valence-corrected chi connectivity index (χ1v) is 11.1. The number of carbonyl (C=O) groups excluding carboxylic acids is 2. The summed E-state index contributed by atoms with van der Waals surface area (Å²) in [5, 5.41) is 0. The summed E-state index contributed by atoms with van der Waals surface area (Å²) in [5.41, 5.74) is -0.427. The van der Waals surface area contributed by atoms with Gasteiger partial charge in [0.25, 0.3) is 5.56 Å². The molecule has 1 aliphatic rings. The number of hydrogen-bond acceptors (Lipinski definition) is 7. The molecule has 33 heavy (non-hydrogen) atoms. The lowest BCUT2D eigenvalue weighted by molar-refractivity contribution is -0.0583. The first kappa shape index (κ1) is 22.9. The monoisotopic (exact) mass is 562 g/mol. The summed E-state index contributed by atoms with van der Waals surface area (Å²) in [5.74, 6) is -1.11. The molecule has 0 radical (unpaired) electrons. The van der Waals surface area contributed by atoms with Crippen LogP contribution in [0, 0.1) is 3.57 Å². The van der Waals surface area contributed by atoms with Crippen molar-refractivity contribution in [2.75, 3.05) is 6.61 Å². The molecule has 10 heteroatoms. The van der Waals surface area contributed by atoms with Crippen molar-refractivity contribution in [1.82, 2.24) is 9.55 Å². The Morgan fingerprint density at radius 3 is 2.24 bits per heavy atom. The number of nitrogens with one attached hydrogen (secondary N) is 1. The van der Waals surface area contributed by atoms with Gasteiger partial charge in [-0.05, 0) is 46.9 Å². The number of nitrogens with zero attached hydrogens (tertiary/aromatic N) is 1. The fourth-order valence-electron chi connectivity index (χ4n) is 3.42. The molecule has 1 saturated heterocycles. The number of carbonyl (C=O) groups is 2. The average molecular weight is 562 g/mol. The molecule has 1 fully saturated rings. The average Bonchev–Trinajstić information content (AvgIpc) is 3.23. The van der Waals surface area contributed by atoms with Gasteiger partial charge in [-0.3, -0.25) is 14.3 Å². The second-order valence-corrected chi connectivity index (χ2v) is 8.44. The topological polar surface area (TPSA) is 117 Å². The maximum absolute atomic E-state index is 12.6. The number of halogens is 1. The van der Waals surface area contributed by atoms with Gasteiger partial charge < -0.3 is 14.2 Å². The Labute approximate surface area is 201 Å². The van der Waals surface area contributed by atoms with Gasteiger partial charge >= 0.3 is 17.6 Å². The van der Waals surface area contributed by atoms with Gasteiger partial charge in [0, 0.05) is 12.6 Å². The minimum absolute atomic E-state index is 0.133. The molecular formula is C23H19IN2O7. The quantitative estimate of drug-likeness (QED) is 0.363. The third-order valence-corrected chi connectivity index (χ3v) is 5.84. The summed E-state index contributed by atoms with van der Waals surface area (Å²) in [6, 6.07) is 16.9. The van der Waals surface area contributed by atoms with Crippen LogP contribution in [0.2, 0.25) is 0 Å². The molecule has 0 aliphatic carbocycles. The molecule has 2 aromatic carbocycles. The van der Waals surface area contributed by atoms with Crippen LogP contribution in [0.1, 0.15) is 33.4 Å². The first-order valence-electron chi connectivity index (χ1n) is 10.1. The summed E-state index contributed by atoms with van der Waals surface area (Å²) in [6.07, 6.45) is -0.916. The molecule has 0 unspecified atom stereocenters. The summed E-state index contributed by atoms with van der Waals surface area (Å²) in [4.78, 5) is 51.2.